The number of hydrazone groups is 1. The van der Waals surface area contributed by atoms with Gasteiger partial charge in [0.05, 0.1) is 16.8 Å². The highest BCUT2D eigenvalue weighted by Gasteiger charge is 2.36. The van der Waals surface area contributed by atoms with Gasteiger partial charge in [0.2, 0.25) is 0 Å². The molecular formula is C23H20ClN3O. The zero-order valence-corrected chi connectivity index (χ0v) is 16.1. The van der Waals surface area contributed by atoms with Crippen LogP contribution in [0, 0.1) is 11.8 Å². The summed E-state index contributed by atoms with van der Waals surface area (Å²) in [6.45, 7) is 0. The second-order valence-electron chi connectivity index (χ2n) is 7.68. The summed E-state index contributed by atoms with van der Waals surface area (Å²) in [7, 11) is 0. The van der Waals surface area contributed by atoms with Crippen molar-refractivity contribution in [3.05, 3.63) is 65.2 Å². The molecule has 1 N–H and O–H groups in total. The van der Waals surface area contributed by atoms with Crippen molar-refractivity contribution in [2.24, 2.45) is 16.9 Å². The quantitative estimate of drug-likeness (QED) is 0.604. The fourth-order valence-electron chi connectivity index (χ4n) is 4.52. The van der Waals surface area contributed by atoms with E-state index in [1.165, 1.54) is 19.3 Å². The van der Waals surface area contributed by atoms with Crippen LogP contribution < -0.4 is 5.43 Å². The Morgan fingerprint density at radius 1 is 1.11 bits per heavy atom. The van der Waals surface area contributed by atoms with E-state index in [2.05, 4.69) is 10.5 Å². The predicted octanol–water partition coefficient (Wildman–Crippen LogP) is 5.46. The van der Waals surface area contributed by atoms with Gasteiger partial charge >= 0.3 is 0 Å². The number of para-hydroxylation sites is 1. The minimum atomic E-state index is -0.206. The van der Waals surface area contributed by atoms with E-state index in [-0.39, 0.29) is 5.91 Å². The molecule has 5 heteroatoms. The summed E-state index contributed by atoms with van der Waals surface area (Å²) in [6, 6.07) is 17.0. The summed E-state index contributed by atoms with van der Waals surface area (Å²) in [4.78, 5) is 17.7. The van der Waals surface area contributed by atoms with Crippen molar-refractivity contribution in [1.29, 1.82) is 0 Å². The van der Waals surface area contributed by atoms with Crippen LogP contribution in [0.4, 0.5) is 0 Å². The highest BCUT2D eigenvalue weighted by atomic mass is 35.5. The lowest BCUT2D eigenvalue weighted by Crippen LogP contribution is -2.22. The van der Waals surface area contributed by atoms with Gasteiger partial charge in [0.25, 0.3) is 5.91 Å². The molecule has 0 radical (unpaired) electrons. The molecule has 2 atom stereocenters. The molecule has 5 rings (SSSR count). The molecule has 2 aromatic carbocycles. The summed E-state index contributed by atoms with van der Waals surface area (Å²) in [5.74, 6) is 1.11. The van der Waals surface area contributed by atoms with E-state index < -0.39 is 0 Å². The van der Waals surface area contributed by atoms with Crippen LogP contribution >= 0.6 is 11.6 Å². The van der Waals surface area contributed by atoms with Crippen LogP contribution in [0.25, 0.3) is 22.2 Å². The molecule has 0 aliphatic heterocycles. The first-order valence-corrected chi connectivity index (χ1v) is 10.1. The number of benzene rings is 2. The summed E-state index contributed by atoms with van der Waals surface area (Å²) in [5, 5.41) is 5.90. The molecule has 2 aliphatic rings. The van der Waals surface area contributed by atoms with Crippen LogP contribution in [0.3, 0.4) is 0 Å². The number of amides is 1. The van der Waals surface area contributed by atoms with E-state index in [0.29, 0.717) is 22.2 Å². The number of nitrogens with one attached hydrogen (secondary N) is 1. The third-order valence-electron chi connectivity index (χ3n) is 5.92. The first-order chi connectivity index (χ1) is 13.7. The second-order valence-corrected chi connectivity index (χ2v) is 8.08. The van der Waals surface area contributed by atoms with Crippen molar-refractivity contribution in [3.63, 3.8) is 0 Å². The zero-order valence-electron chi connectivity index (χ0n) is 15.4. The molecule has 0 spiro atoms. The van der Waals surface area contributed by atoms with Crippen molar-refractivity contribution in [1.82, 2.24) is 10.4 Å². The molecule has 2 unspecified atom stereocenters. The summed E-state index contributed by atoms with van der Waals surface area (Å²) < 4.78 is 0. The minimum absolute atomic E-state index is 0.206. The van der Waals surface area contributed by atoms with Gasteiger partial charge in [0, 0.05) is 21.7 Å². The minimum Gasteiger partial charge on any atom is -0.267 e. The Bertz CT molecular complexity index is 1110. The number of rotatable bonds is 3. The van der Waals surface area contributed by atoms with E-state index in [4.69, 9.17) is 16.6 Å². The molecule has 140 valence electrons. The van der Waals surface area contributed by atoms with Crippen LogP contribution in [-0.4, -0.2) is 16.6 Å². The van der Waals surface area contributed by atoms with Gasteiger partial charge < -0.3 is 0 Å². The predicted molar refractivity (Wildman–Crippen MR) is 113 cm³/mol. The molecule has 3 aromatic rings. The molecule has 0 saturated heterocycles. The van der Waals surface area contributed by atoms with Gasteiger partial charge in [-0.15, -0.1) is 0 Å². The van der Waals surface area contributed by atoms with Crippen LogP contribution in [-0.2, 0) is 0 Å². The van der Waals surface area contributed by atoms with E-state index in [1.807, 2.05) is 48.5 Å². The lowest BCUT2D eigenvalue weighted by Gasteiger charge is -2.13. The Hall–Kier alpha value is -2.72. The normalized spacial score (nSPS) is 22.1. The fraction of sp³-hybridized carbons (Fsp3) is 0.261. The monoisotopic (exact) mass is 389 g/mol. The van der Waals surface area contributed by atoms with Crippen molar-refractivity contribution in [2.75, 3.05) is 0 Å². The SMILES string of the molecule is O=C(N/N=C1/CC2CCC1C2)c1cc(-c2ccccc2Cl)nc2ccccc12. The molecule has 28 heavy (non-hydrogen) atoms. The van der Waals surface area contributed by atoms with E-state index >= 15 is 0 Å². The fourth-order valence-corrected chi connectivity index (χ4v) is 4.75. The smallest absolute Gasteiger partial charge is 0.267 e. The van der Waals surface area contributed by atoms with E-state index in [1.54, 1.807) is 6.07 Å². The number of carbonyl (C=O) groups excluding carboxylic acids is 1. The molecular weight excluding hydrogens is 370 g/mol. The number of carbonyl (C=O) groups is 1. The van der Waals surface area contributed by atoms with Crippen LogP contribution in [0.15, 0.2) is 59.7 Å². The summed E-state index contributed by atoms with van der Waals surface area (Å²) >= 11 is 6.36. The van der Waals surface area contributed by atoms with Gasteiger partial charge in [0.1, 0.15) is 0 Å². The number of aromatic nitrogens is 1. The Morgan fingerprint density at radius 3 is 2.71 bits per heavy atom. The Kier molecular flexibility index (Phi) is 4.36. The molecule has 1 heterocycles. The van der Waals surface area contributed by atoms with Crippen molar-refractivity contribution < 1.29 is 4.79 Å². The molecule has 4 nitrogen and oxygen atoms in total. The Labute approximate surface area is 168 Å². The maximum absolute atomic E-state index is 13.0. The molecule has 2 aliphatic carbocycles. The van der Waals surface area contributed by atoms with Crippen molar-refractivity contribution in [2.45, 2.75) is 25.7 Å². The summed E-state index contributed by atoms with van der Waals surface area (Å²) in [6.07, 6.45) is 4.75. The highest BCUT2D eigenvalue weighted by Crippen LogP contribution is 2.42. The van der Waals surface area contributed by atoms with Crippen molar-refractivity contribution in [3.8, 4) is 11.3 Å². The topological polar surface area (TPSA) is 54.4 Å². The maximum atomic E-state index is 13.0. The van der Waals surface area contributed by atoms with Gasteiger partial charge in [-0.25, -0.2) is 10.4 Å². The van der Waals surface area contributed by atoms with E-state index in [9.17, 15) is 4.79 Å². The number of halogens is 1. The number of pyridine rings is 1. The molecule has 1 amide bonds. The average molecular weight is 390 g/mol. The van der Waals surface area contributed by atoms with E-state index in [0.717, 1.165) is 34.5 Å². The third-order valence-corrected chi connectivity index (χ3v) is 6.25. The lowest BCUT2D eigenvalue weighted by atomic mass is 9.99. The molecule has 1 aromatic heterocycles. The van der Waals surface area contributed by atoms with Gasteiger partial charge in [-0.1, -0.05) is 48.0 Å². The van der Waals surface area contributed by atoms with Crippen LogP contribution in [0.2, 0.25) is 5.02 Å². The zero-order chi connectivity index (χ0) is 19.1. The number of hydrogen-bond acceptors (Lipinski definition) is 3. The van der Waals surface area contributed by atoms with Crippen molar-refractivity contribution >= 4 is 34.1 Å². The van der Waals surface area contributed by atoms with Gasteiger partial charge in [-0.05, 0) is 55.7 Å². The second kappa shape index (κ2) is 7.02. The number of nitrogens with zero attached hydrogens (tertiary/aromatic N) is 2. The average Bonchev–Trinajstić information content (AvgIpc) is 3.35. The number of hydrogen-bond donors (Lipinski definition) is 1. The maximum Gasteiger partial charge on any atom is 0.272 e. The van der Waals surface area contributed by atoms with Crippen LogP contribution in [0.1, 0.15) is 36.0 Å². The lowest BCUT2D eigenvalue weighted by molar-refractivity contribution is 0.0956. The Balaban J connectivity index is 1.53. The molecule has 2 fully saturated rings. The van der Waals surface area contributed by atoms with Crippen LogP contribution in [0.5, 0.6) is 0 Å². The first-order valence-electron chi connectivity index (χ1n) is 9.70. The third kappa shape index (κ3) is 3.08. The van der Waals surface area contributed by atoms with Gasteiger partial charge in [-0.2, -0.15) is 5.10 Å². The first kappa shape index (κ1) is 17.4. The largest absolute Gasteiger partial charge is 0.272 e. The standard InChI is InChI=1S/C23H20ClN3O/c24-19-7-3-1-6-17(19)22-13-18(16-5-2-4-8-20(16)25-22)23(28)27-26-21-12-14-9-10-15(21)11-14/h1-8,13-15H,9-12H2,(H,27,28)/b26-21-. The van der Waals surface area contributed by atoms with Gasteiger partial charge in [0.15, 0.2) is 0 Å². The summed E-state index contributed by atoms with van der Waals surface area (Å²) in [5.41, 5.74) is 6.76. The van der Waals surface area contributed by atoms with Gasteiger partial charge in [-0.3, -0.25) is 4.79 Å². The number of fused-ring (bicyclic) bond motifs is 3. The molecule has 2 saturated carbocycles. The molecule has 2 bridgehead atoms. The highest BCUT2D eigenvalue weighted by molar-refractivity contribution is 6.33. The Morgan fingerprint density at radius 2 is 1.93 bits per heavy atom.